The van der Waals surface area contributed by atoms with Gasteiger partial charge in [0.1, 0.15) is 0 Å². The molecule has 4 nitrogen and oxygen atoms in total. The molecule has 122 valence electrons. The van der Waals surface area contributed by atoms with Crippen LogP contribution in [0.5, 0.6) is 0 Å². The summed E-state index contributed by atoms with van der Waals surface area (Å²) in [6.45, 7) is 13.3. The molecular formula is C16H37N3O. The van der Waals surface area contributed by atoms with Crippen molar-refractivity contribution in [2.45, 2.75) is 58.5 Å². The zero-order valence-corrected chi connectivity index (χ0v) is 14.6. The Hall–Kier alpha value is -0.160. The van der Waals surface area contributed by atoms with Gasteiger partial charge in [-0.25, -0.2) is 0 Å². The molecule has 0 fully saturated rings. The Kier molecular flexibility index (Phi) is 10.5. The molecule has 2 unspecified atom stereocenters. The van der Waals surface area contributed by atoms with Crippen LogP contribution in [-0.4, -0.2) is 73.4 Å². The van der Waals surface area contributed by atoms with Gasteiger partial charge in [0.15, 0.2) is 0 Å². The lowest BCUT2D eigenvalue weighted by Gasteiger charge is -2.31. The fourth-order valence-corrected chi connectivity index (χ4v) is 2.81. The molecule has 0 saturated carbocycles. The Morgan fingerprint density at radius 2 is 1.85 bits per heavy atom. The zero-order chi connectivity index (χ0) is 15.6. The molecule has 20 heavy (non-hydrogen) atoms. The molecule has 0 aromatic carbocycles. The average molecular weight is 287 g/mol. The summed E-state index contributed by atoms with van der Waals surface area (Å²) in [5.74, 6) is 0. The number of aliphatic hydroxyl groups is 1. The van der Waals surface area contributed by atoms with Gasteiger partial charge in [-0.05, 0) is 60.4 Å². The molecule has 0 aromatic rings. The van der Waals surface area contributed by atoms with E-state index in [1.54, 1.807) is 0 Å². The summed E-state index contributed by atoms with van der Waals surface area (Å²) in [7, 11) is 4.26. The predicted octanol–water partition coefficient (Wildman–Crippen LogP) is 1.79. The second-order valence-corrected chi connectivity index (χ2v) is 6.45. The molecule has 2 atom stereocenters. The van der Waals surface area contributed by atoms with Gasteiger partial charge in [0.25, 0.3) is 0 Å². The van der Waals surface area contributed by atoms with Crippen molar-refractivity contribution in [1.82, 2.24) is 15.1 Å². The fraction of sp³-hybridized carbons (Fsp3) is 1.00. The third-order valence-electron chi connectivity index (χ3n) is 4.04. The van der Waals surface area contributed by atoms with E-state index in [2.05, 4.69) is 56.9 Å². The second-order valence-electron chi connectivity index (χ2n) is 6.45. The minimum atomic E-state index is -0.110. The number of unbranched alkanes of at least 4 members (excludes halogenated alkanes) is 1. The quantitative estimate of drug-likeness (QED) is 0.537. The van der Waals surface area contributed by atoms with E-state index in [4.69, 9.17) is 0 Å². The molecule has 0 aliphatic heterocycles. The summed E-state index contributed by atoms with van der Waals surface area (Å²) >= 11 is 0. The third kappa shape index (κ3) is 8.20. The van der Waals surface area contributed by atoms with Crippen molar-refractivity contribution in [1.29, 1.82) is 0 Å². The minimum absolute atomic E-state index is 0.110. The monoisotopic (exact) mass is 287 g/mol. The first kappa shape index (κ1) is 19.8. The lowest BCUT2D eigenvalue weighted by molar-refractivity contribution is 0.155. The fourth-order valence-electron chi connectivity index (χ4n) is 2.81. The summed E-state index contributed by atoms with van der Waals surface area (Å²) in [5, 5.41) is 12.9. The van der Waals surface area contributed by atoms with E-state index in [1.165, 1.54) is 6.42 Å². The van der Waals surface area contributed by atoms with Gasteiger partial charge in [-0.1, -0.05) is 20.3 Å². The van der Waals surface area contributed by atoms with Gasteiger partial charge in [-0.2, -0.15) is 0 Å². The number of aliphatic hydroxyl groups excluding tert-OH is 1. The standard InChI is InChI=1S/C16H37N3O/c1-7-17-16(4,14-20)11-9-10-12-19(8-2)15(3)13-18(5)6/h15,17,20H,7-14H2,1-6H3. The molecule has 0 amide bonds. The minimum Gasteiger partial charge on any atom is -0.394 e. The molecular weight excluding hydrogens is 250 g/mol. The van der Waals surface area contributed by atoms with Crippen LogP contribution in [0.4, 0.5) is 0 Å². The molecule has 0 spiro atoms. The molecule has 0 aliphatic carbocycles. The number of nitrogens with one attached hydrogen (secondary N) is 1. The Morgan fingerprint density at radius 3 is 2.30 bits per heavy atom. The van der Waals surface area contributed by atoms with Gasteiger partial charge in [0.05, 0.1) is 6.61 Å². The number of nitrogens with zero attached hydrogens (tertiary/aromatic N) is 2. The Labute approximate surface area is 126 Å². The van der Waals surface area contributed by atoms with Gasteiger partial charge in [0.2, 0.25) is 0 Å². The number of hydrogen-bond acceptors (Lipinski definition) is 4. The van der Waals surface area contributed by atoms with Gasteiger partial charge in [-0.15, -0.1) is 0 Å². The number of hydrogen-bond donors (Lipinski definition) is 2. The summed E-state index contributed by atoms with van der Waals surface area (Å²) < 4.78 is 0. The van der Waals surface area contributed by atoms with E-state index in [0.29, 0.717) is 6.04 Å². The van der Waals surface area contributed by atoms with E-state index in [1.807, 2.05) is 0 Å². The van der Waals surface area contributed by atoms with Gasteiger partial charge < -0.3 is 15.3 Å². The SMILES string of the molecule is CCNC(C)(CO)CCCCN(CC)C(C)CN(C)C. The van der Waals surface area contributed by atoms with Gasteiger partial charge >= 0.3 is 0 Å². The maximum Gasteiger partial charge on any atom is 0.0610 e. The zero-order valence-electron chi connectivity index (χ0n) is 14.6. The van der Waals surface area contributed by atoms with Crippen molar-refractivity contribution in [2.24, 2.45) is 0 Å². The molecule has 0 saturated heterocycles. The molecule has 2 N–H and O–H groups in total. The first-order chi connectivity index (χ1) is 9.38. The first-order valence-corrected chi connectivity index (χ1v) is 8.13. The van der Waals surface area contributed by atoms with Crippen LogP contribution in [-0.2, 0) is 0 Å². The van der Waals surface area contributed by atoms with E-state index in [9.17, 15) is 5.11 Å². The van der Waals surface area contributed by atoms with Crippen LogP contribution in [0.15, 0.2) is 0 Å². The van der Waals surface area contributed by atoms with Crippen LogP contribution in [0.25, 0.3) is 0 Å². The van der Waals surface area contributed by atoms with Crippen LogP contribution in [0.2, 0.25) is 0 Å². The van der Waals surface area contributed by atoms with Crippen LogP contribution in [0.1, 0.15) is 47.0 Å². The maximum absolute atomic E-state index is 9.48. The molecule has 0 radical (unpaired) electrons. The van der Waals surface area contributed by atoms with Crippen molar-refractivity contribution < 1.29 is 5.11 Å². The second kappa shape index (κ2) is 10.6. The van der Waals surface area contributed by atoms with Crippen molar-refractivity contribution in [3.05, 3.63) is 0 Å². The first-order valence-electron chi connectivity index (χ1n) is 8.13. The van der Waals surface area contributed by atoms with E-state index in [0.717, 1.165) is 39.0 Å². The summed E-state index contributed by atoms with van der Waals surface area (Å²) in [6.07, 6.45) is 3.40. The molecule has 0 heterocycles. The van der Waals surface area contributed by atoms with Gasteiger partial charge in [0, 0.05) is 18.1 Å². The average Bonchev–Trinajstić information content (AvgIpc) is 2.38. The van der Waals surface area contributed by atoms with Crippen molar-refractivity contribution in [2.75, 3.05) is 46.9 Å². The highest BCUT2D eigenvalue weighted by Gasteiger charge is 2.21. The Morgan fingerprint density at radius 1 is 1.20 bits per heavy atom. The van der Waals surface area contributed by atoms with Crippen molar-refractivity contribution >= 4 is 0 Å². The topological polar surface area (TPSA) is 38.7 Å². The van der Waals surface area contributed by atoms with E-state index >= 15 is 0 Å². The Balaban J connectivity index is 4.01. The Bertz CT molecular complexity index is 236. The molecule has 0 aliphatic rings. The maximum atomic E-state index is 9.48. The largest absolute Gasteiger partial charge is 0.394 e. The van der Waals surface area contributed by atoms with Crippen LogP contribution in [0, 0.1) is 0 Å². The van der Waals surface area contributed by atoms with E-state index < -0.39 is 0 Å². The van der Waals surface area contributed by atoms with Crippen LogP contribution >= 0.6 is 0 Å². The lowest BCUT2D eigenvalue weighted by Crippen LogP contribution is -2.45. The molecule has 0 bridgehead atoms. The summed E-state index contributed by atoms with van der Waals surface area (Å²) in [4.78, 5) is 4.80. The van der Waals surface area contributed by atoms with E-state index in [-0.39, 0.29) is 12.1 Å². The molecule has 0 rings (SSSR count). The highest BCUT2D eigenvalue weighted by molar-refractivity contribution is 4.81. The van der Waals surface area contributed by atoms with Crippen molar-refractivity contribution in [3.8, 4) is 0 Å². The normalized spacial score (nSPS) is 16.6. The van der Waals surface area contributed by atoms with Crippen LogP contribution < -0.4 is 5.32 Å². The predicted molar refractivity (Wildman–Crippen MR) is 88.3 cm³/mol. The lowest BCUT2D eigenvalue weighted by atomic mass is 9.95. The third-order valence-corrected chi connectivity index (χ3v) is 4.04. The number of likely N-dealkylation sites (N-methyl/N-ethyl adjacent to an activating group) is 3. The van der Waals surface area contributed by atoms with Crippen LogP contribution in [0.3, 0.4) is 0 Å². The molecule has 0 aromatic heterocycles. The highest BCUT2D eigenvalue weighted by atomic mass is 16.3. The summed E-state index contributed by atoms with van der Waals surface area (Å²) in [5.41, 5.74) is -0.110. The summed E-state index contributed by atoms with van der Waals surface area (Å²) in [6, 6.07) is 0.605. The smallest absolute Gasteiger partial charge is 0.0610 e. The molecule has 4 heteroatoms. The number of rotatable bonds is 12. The van der Waals surface area contributed by atoms with Gasteiger partial charge in [-0.3, -0.25) is 4.90 Å². The highest BCUT2D eigenvalue weighted by Crippen LogP contribution is 2.14. The van der Waals surface area contributed by atoms with Crippen molar-refractivity contribution in [3.63, 3.8) is 0 Å².